The molecule has 0 saturated heterocycles. The Hall–Kier alpha value is -1.78. The van der Waals surface area contributed by atoms with Gasteiger partial charge in [0.15, 0.2) is 5.69 Å². The molecule has 3 N–H and O–H groups in total. The summed E-state index contributed by atoms with van der Waals surface area (Å²) in [4.78, 5) is 26.1. The van der Waals surface area contributed by atoms with Crippen LogP contribution in [0, 0.1) is 11.7 Å². The largest absolute Gasteiger partial charge is 1.00 e. The van der Waals surface area contributed by atoms with Crippen molar-refractivity contribution in [1.82, 2.24) is 14.7 Å². The Bertz CT molecular complexity index is 1040. The maximum Gasteiger partial charge on any atom is 1.00 e. The Morgan fingerprint density at radius 1 is 1.16 bits per heavy atom. The molecule has 0 bridgehead atoms. The minimum absolute atomic E-state index is 0. The number of aromatic nitrogens is 2. The van der Waals surface area contributed by atoms with Crippen LogP contribution in [0.2, 0.25) is 0 Å². The molecule has 200 valence electrons. The first-order valence-electron chi connectivity index (χ1n) is 12.8. The van der Waals surface area contributed by atoms with Gasteiger partial charge in [0.1, 0.15) is 5.82 Å². The molecule has 8 nitrogen and oxygen atoms in total. The second kappa shape index (κ2) is 14.4. The summed E-state index contributed by atoms with van der Waals surface area (Å²) in [6.45, 7) is 4.64. The van der Waals surface area contributed by atoms with Gasteiger partial charge in [-0.25, -0.2) is 9.07 Å². The van der Waals surface area contributed by atoms with E-state index >= 15 is 0 Å². The van der Waals surface area contributed by atoms with E-state index in [1.165, 1.54) is 25.0 Å². The zero-order valence-corrected chi connectivity index (χ0v) is 24.4. The van der Waals surface area contributed by atoms with Crippen LogP contribution < -0.4 is 29.6 Å². The van der Waals surface area contributed by atoms with E-state index in [-0.39, 0.29) is 61.5 Å². The molecule has 1 aromatic carbocycles. The number of benzene rings is 1. The number of carbonyl (C=O) groups excluding carboxylic acids is 1. The van der Waals surface area contributed by atoms with Crippen molar-refractivity contribution in [2.75, 3.05) is 13.6 Å². The number of aliphatic carboxylic acids is 1. The number of carboxylic acids is 1. The first kappa shape index (κ1) is 31.4. The fraction of sp³-hybridized carbons (Fsp3) is 0.593. The Labute approximate surface area is 241 Å². The predicted octanol–water partition coefficient (Wildman–Crippen LogP) is 1.03. The van der Waals surface area contributed by atoms with E-state index in [4.69, 9.17) is 10.2 Å². The normalized spacial score (nSPS) is 15.4. The Morgan fingerprint density at radius 3 is 2.35 bits per heavy atom. The molecule has 0 spiro atoms. The van der Waals surface area contributed by atoms with E-state index < -0.39 is 24.6 Å². The van der Waals surface area contributed by atoms with Gasteiger partial charge in [0, 0.05) is 24.8 Å². The summed E-state index contributed by atoms with van der Waals surface area (Å²) < 4.78 is 15.3. The van der Waals surface area contributed by atoms with Crippen molar-refractivity contribution in [2.24, 2.45) is 5.92 Å². The SMILES string of the molecule is CC(C)c1c(C(=O)N(C)CC2CCCC2)nn(-c2ccc(F)cc2)c1CC[C@@H](O)C[C@@H](O)CC(=O)O.[H-].[Na+]. The number of carboxylic acid groups (broad SMARTS) is 1. The summed E-state index contributed by atoms with van der Waals surface area (Å²) in [5.74, 6) is -1.22. The van der Waals surface area contributed by atoms with Crippen LogP contribution in [-0.2, 0) is 11.2 Å². The van der Waals surface area contributed by atoms with Crippen molar-refractivity contribution >= 4 is 11.9 Å². The van der Waals surface area contributed by atoms with E-state index in [0.29, 0.717) is 30.3 Å². The van der Waals surface area contributed by atoms with E-state index in [9.17, 15) is 24.2 Å². The van der Waals surface area contributed by atoms with Crippen LogP contribution >= 0.6 is 0 Å². The number of halogens is 1. The second-order valence-corrected chi connectivity index (χ2v) is 10.3. The van der Waals surface area contributed by atoms with Crippen LogP contribution in [0.5, 0.6) is 0 Å². The third kappa shape index (κ3) is 8.61. The molecular weight excluding hydrogens is 488 g/mol. The smallest absolute Gasteiger partial charge is 1.00 e. The van der Waals surface area contributed by atoms with E-state index in [1.807, 2.05) is 13.8 Å². The molecule has 2 aromatic rings. The summed E-state index contributed by atoms with van der Waals surface area (Å²) in [5, 5.41) is 33.9. The van der Waals surface area contributed by atoms with Gasteiger partial charge >= 0.3 is 35.5 Å². The number of amides is 1. The fourth-order valence-electron chi connectivity index (χ4n) is 5.13. The van der Waals surface area contributed by atoms with Gasteiger partial charge in [-0.2, -0.15) is 5.10 Å². The summed E-state index contributed by atoms with van der Waals surface area (Å²) in [6, 6.07) is 5.86. The third-order valence-corrected chi connectivity index (χ3v) is 6.90. The summed E-state index contributed by atoms with van der Waals surface area (Å²) in [6.07, 6.45) is 2.63. The van der Waals surface area contributed by atoms with E-state index in [0.717, 1.165) is 24.1 Å². The molecule has 1 amide bonds. The van der Waals surface area contributed by atoms with Crippen LogP contribution in [0.1, 0.15) is 87.9 Å². The molecule has 10 heteroatoms. The maximum atomic E-state index is 13.6. The van der Waals surface area contributed by atoms with Gasteiger partial charge in [-0.3, -0.25) is 9.59 Å². The van der Waals surface area contributed by atoms with Gasteiger partial charge in [0.25, 0.3) is 5.91 Å². The zero-order valence-electron chi connectivity index (χ0n) is 23.4. The van der Waals surface area contributed by atoms with Gasteiger partial charge in [-0.15, -0.1) is 0 Å². The molecule has 3 rings (SSSR count). The van der Waals surface area contributed by atoms with Gasteiger partial charge in [0.2, 0.25) is 0 Å². The summed E-state index contributed by atoms with van der Waals surface area (Å²) in [5.41, 5.74) is 2.47. The Balaban J connectivity index is 0.00000361. The number of rotatable bonds is 12. The predicted molar refractivity (Wildman–Crippen MR) is 135 cm³/mol. The topological polar surface area (TPSA) is 116 Å². The third-order valence-electron chi connectivity index (χ3n) is 6.90. The molecule has 1 fully saturated rings. The molecule has 1 aliphatic rings. The van der Waals surface area contributed by atoms with E-state index in [2.05, 4.69) is 0 Å². The molecule has 0 radical (unpaired) electrons. The standard InChI is InChI=1S/C27H38FN3O5.Na.H/c1-17(2)25-23(13-12-21(32)14-22(33)15-24(34)35)31(20-10-8-19(28)9-11-20)29-26(25)27(36)30(3)16-18-6-4-5-7-18;;/h8-11,17-18,21-22,32-33H,4-7,12-16H2,1-3H3,(H,34,35);;/q;+1;-1/t21-,22-;;/m1../s1. The molecule has 1 aromatic heterocycles. The monoisotopic (exact) mass is 527 g/mol. The summed E-state index contributed by atoms with van der Waals surface area (Å²) in [7, 11) is 1.80. The average Bonchev–Trinajstić information content (AvgIpc) is 3.44. The summed E-state index contributed by atoms with van der Waals surface area (Å²) >= 11 is 0. The van der Waals surface area contributed by atoms with Crippen molar-refractivity contribution in [2.45, 2.75) is 83.3 Å². The van der Waals surface area contributed by atoms with Crippen LogP contribution in [-0.4, -0.2) is 67.7 Å². The van der Waals surface area contributed by atoms with Crippen LogP contribution in [0.15, 0.2) is 24.3 Å². The van der Waals surface area contributed by atoms with Crippen molar-refractivity contribution in [1.29, 1.82) is 0 Å². The number of carbonyl (C=O) groups is 2. The number of aliphatic hydroxyl groups excluding tert-OH is 2. The van der Waals surface area contributed by atoms with Gasteiger partial charge in [-0.1, -0.05) is 26.7 Å². The molecule has 1 heterocycles. The van der Waals surface area contributed by atoms with Crippen molar-refractivity contribution in [3.05, 3.63) is 47.0 Å². The second-order valence-electron chi connectivity index (χ2n) is 10.3. The molecular formula is C27H39FN3NaO5. The van der Waals surface area contributed by atoms with Crippen molar-refractivity contribution in [3.63, 3.8) is 0 Å². The number of aliphatic hydroxyl groups is 2. The quantitative estimate of drug-likeness (QED) is 0.355. The van der Waals surface area contributed by atoms with Gasteiger partial charge in [0.05, 0.1) is 24.3 Å². The maximum absolute atomic E-state index is 13.6. The van der Waals surface area contributed by atoms with Crippen molar-refractivity contribution < 1.29 is 60.3 Å². The molecule has 1 saturated carbocycles. The van der Waals surface area contributed by atoms with Crippen LogP contribution in [0.4, 0.5) is 4.39 Å². The van der Waals surface area contributed by atoms with Crippen LogP contribution in [0.25, 0.3) is 5.69 Å². The first-order chi connectivity index (χ1) is 17.1. The Kier molecular flexibility index (Phi) is 12.2. The molecule has 1 aliphatic carbocycles. The minimum Gasteiger partial charge on any atom is -1.00 e. The zero-order chi connectivity index (χ0) is 26.4. The van der Waals surface area contributed by atoms with Crippen molar-refractivity contribution in [3.8, 4) is 5.69 Å². The fourth-order valence-corrected chi connectivity index (χ4v) is 5.13. The number of nitrogens with zero attached hydrogens (tertiary/aromatic N) is 3. The van der Waals surface area contributed by atoms with Crippen LogP contribution in [0.3, 0.4) is 0 Å². The van der Waals surface area contributed by atoms with Gasteiger partial charge in [-0.05, 0) is 68.2 Å². The van der Waals surface area contributed by atoms with Gasteiger partial charge < -0.3 is 21.6 Å². The number of hydrogen-bond acceptors (Lipinski definition) is 5. The molecule has 0 unspecified atom stereocenters. The molecule has 2 atom stereocenters. The average molecular weight is 528 g/mol. The van der Waals surface area contributed by atoms with E-state index in [1.54, 1.807) is 28.8 Å². The Morgan fingerprint density at radius 2 is 1.78 bits per heavy atom. The number of hydrogen-bond donors (Lipinski definition) is 3. The molecule has 37 heavy (non-hydrogen) atoms. The minimum atomic E-state index is -1.15. The molecule has 0 aliphatic heterocycles. The first-order valence-corrected chi connectivity index (χ1v) is 12.8.